The van der Waals surface area contributed by atoms with Crippen molar-refractivity contribution in [2.24, 2.45) is 0 Å². The quantitative estimate of drug-likeness (QED) is 0.810. The lowest BCUT2D eigenvalue weighted by molar-refractivity contribution is 0.0750. The number of hydrazine groups is 1. The SMILES string of the molecule is Cc1ccc(NC(=S)NN2[C@@H](C)CCC[C@@H]2C)cc1. The van der Waals surface area contributed by atoms with Crippen LogP contribution in [-0.2, 0) is 0 Å². The first-order valence-electron chi connectivity index (χ1n) is 6.99. The maximum absolute atomic E-state index is 5.39. The largest absolute Gasteiger partial charge is 0.332 e. The lowest BCUT2D eigenvalue weighted by atomic mass is 10.00. The monoisotopic (exact) mass is 277 g/mol. The molecule has 104 valence electrons. The lowest BCUT2D eigenvalue weighted by Gasteiger charge is -2.39. The van der Waals surface area contributed by atoms with Crippen molar-refractivity contribution in [3.8, 4) is 0 Å². The third-order valence-corrected chi connectivity index (χ3v) is 3.93. The molecule has 0 aliphatic carbocycles. The van der Waals surface area contributed by atoms with E-state index in [-0.39, 0.29) is 0 Å². The zero-order valence-electron chi connectivity index (χ0n) is 11.9. The third kappa shape index (κ3) is 3.91. The molecule has 1 aliphatic heterocycles. The van der Waals surface area contributed by atoms with Gasteiger partial charge in [0.2, 0.25) is 0 Å². The number of nitrogens with zero attached hydrogens (tertiary/aromatic N) is 1. The Hall–Kier alpha value is -1.13. The van der Waals surface area contributed by atoms with Gasteiger partial charge in [0, 0.05) is 17.8 Å². The van der Waals surface area contributed by atoms with Gasteiger partial charge in [0.15, 0.2) is 5.11 Å². The Morgan fingerprint density at radius 1 is 1.16 bits per heavy atom. The number of piperidine rings is 1. The van der Waals surface area contributed by atoms with Crippen LogP contribution in [0.3, 0.4) is 0 Å². The first kappa shape index (κ1) is 14.3. The summed E-state index contributed by atoms with van der Waals surface area (Å²) in [5.41, 5.74) is 5.62. The molecule has 0 bridgehead atoms. The van der Waals surface area contributed by atoms with Crippen molar-refractivity contribution in [3.63, 3.8) is 0 Å². The minimum Gasteiger partial charge on any atom is -0.332 e. The summed E-state index contributed by atoms with van der Waals surface area (Å²) in [5, 5.41) is 6.18. The van der Waals surface area contributed by atoms with Gasteiger partial charge in [0.25, 0.3) is 0 Å². The molecule has 0 aromatic heterocycles. The predicted molar refractivity (Wildman–Crippen MR) is 85.1 cm³/mol. The molecule has 0 radical (unpaired) electrons. The van der Waals surface area contributed by atoms with E-state index in [2.05, 4.69) is 48.7 Å². The van der Waals surface area contributed by atoms with E-state index in [0.29, 0.717) is 17.2 Å². The van der Waals surface area contributed by atoms with E-state index in [0.717, 1.165) is 5.69 Å². The minimum absolute atomic E-state index is 0.529. The van der Waals surface area contributed by atoms with Crippen LogP contribution >= 0.6 is 12.2 Å². The smallest absolute Gasteiger partial charge is 0.185 e. The predicted octanol–water partition coefficient (Wildman–Crippen LogP) is 3.46. The summed E-state index contributed by atoms with van der Waals surface area (Å²) in [6.07, 6.45) is 3.76. The van der Waals surface area contributed by atoms with Crippen molar-refractivity contribution in [2.75, 3.05) is 5.32 Å². The molecule has 2 N–H and O–H groups in total. The van der Waals surface area contributed by atoms with Crippen LogP contribution < -0.4 is 10.7 Å². The van der Waals surface area contributed by atoms with Crippen molar-refractivity contribution in [1.29, 1.82) is 0 Å². The van der Waals surface area contributed by atoms with Gasteiger partial charge in [-0.1, -0.05) is 24.1 Å². The number of benzene rings is 1. The molecular formula is C15H23N3S. The second kappa shape index (κ2) is 6.35. The van der Waals surface area contributed by atoms with Gasteiger partial charge in [-0.25, -0.2) is 5.01 Å². The number of hydrogen-bond donors (Lipinski definition) is 2. The van der Waals surface area contributed by atoms with Crippen LogP contribution in [0.1, 0.15) is 38.7 Å². The van der Waals surface area contributed by atoms with Gasteiger partial charge in [-0.15, -0.1) is 0 Å². The fraction of sp³-hybridized carbons (Fsp3) is 0.533. The van der Waals surface area contributed by atoms with Crippen LogP contribution in [0.25, 0.3) is 0 Å². The summed E-state index contributed by atoms with van der Waals surface area (Å²) in [6, 6.07) is 9.32. The minimum atomic E-state index is 0.529. The van der Waals surface area contributed by atoms with Crippen molar-refractivity contribution in [3.05, 3.63) is 29.8 Å². The van der Waals surface area contributed by atoms with Gasteiger partial charge in [0.1, 0.15) is 0 Å². The molecule has 1 aromatic carbocycles. The zero-order valence-corrected chi connectivity index (χ0v) is 12.8. The molecule has 0 unspecified atom stereocenters. The summed E-state index contributed by atoms with van der Waals surface area (Å²) in [4.78, 5) is 0. The maximum atomic E-state index is 5.39. The van der Waals surface area contributed by atoms with Crippen molar-refractivity contribution in [1.82, 2.24) is 10.4 Å². The van der Waals surface area contributed by atoms with Crippen molar-refractivity contribution >= 4 is 23.0 Å². The second-order valence-electron chi connectivity index (χ2n) is 5.47. The number of thiocarbonyl (C=S) groups is 1. The van der Waals surface area contributed by atoms with Crippen molar-refractivity contribution < 1.29 is 0 Å². The topological polar surface area (TPSA) is 27.3 Å². The van der Waals surface area contributed by atoms with Gasteiger partial charge >= 0.3 is 0 Å². The van der Waals surface area contributed by atoms with Crippen LogP contribution in [0.5, 0.6) is 0 Å². The Morgan fingerprint density at radius 2 is 1.74 bits per heavy atom. The number of rotatable bonds is 2. The van der Waals surface area contributed by atoms with E-state index in [1.165, 1.54) is 24.8 Å². The molecule has 2 rings (SSSR count). The van der Waals surface area contributed by atoms with Crippen LogP contribution in [0.15, 0.2) is 24.3 Å². The van der Waals surface area contributed by atoms with Crippen LogP contribution in [0.2, 0.25) is 0 Å². The molecule has 1 fully saturated rings. The van der Waals surface area contributed by atoms with Gasteiger partial charge in [-0.3, -0.25) is 5.43 Å². The summed E-state index contributed by atoms with van der Waals surface area (Å²) in [5.74, 6) is 0. The van der Waals surface area contributed by atoms with E-state index in [9.17, 15) is 0 Å². The van der Waals surface area contributed by atoms with E-state index < -0.39 is 0 Å². The van der Waals surface area contributed by atoms with Gasteiger partial charge < -0.3 is 5.32 Å². The fourth-order valence-electron chi connectivity index (χ4n) is 2.55. The number of nitrogens with one attached hydrogen (secondary N) is 2. The second-order valence-corrected chi connectivity index (χ2v) is 5.88. The molecule has 0 spiro atoms. The summed E-state index contributed by atoms with van der Waals surface area (Å²) in [7, 11) is 0. The highest BCUT2D eigenvalue weighted by Gasteiger charge is 2.25. The Kier molecular flexibility index (Phi) is 4.77. The maximum Gasteiger partial charge on any atom is 0.185 e. The normalized spacial score (nSPS) is 23.9. The number of hydrogen-bond acceptors (Lipinski definition) is 2. The summed E-state index contributed by atoms with van der Waals surface area (Å²) in [6.45, 7) is 6.58. The van der Waals surface area contributed by atoms with E-state index in [1.807, 2.05) is 12.1 Å². The molecule has 0 saturated carbocycles. The average Bonchev–Trinajstić information content (AvgIpc) is 2.37. The fourth-order valence-corrected chi connectivity index (χ4v) is 2.78. The Labute approximate surface area is 121 Å². The van der Waals surface area contributed by atoms with Crippen molar-refractivity contribution in [2.45, 2.75) is 52.1 Å². The molecule has 3 nitrogen and oxygen atoms in total. The standard InChI is InChI=1S/C15H23N3S/c1-11-7-9-14(10-8-11)16-15(19)17-18-12(2)5-4-6-13(18)3/h7-10,12-13H,4-6H2,1-3H3,(H2,16,17,19)/t12-,13-/m0/s1. The highest BCUT2D eigenvalue weighted by molar-refractivity contribution is 7.80. The molecular weight excluding hydrogens is 254 g/mol. The van der Waals surface area contributed by atoms with Gasteiger partial charge in [-0.2, -0.15) is 0 Å². The van der Waals surface area contributed by atoms with Crippen LogP contribution in [-0.4, -0.2) is 22.2 Å². The highest BCUT2D eigenvalue weighted by atomic mass is 32.1. The molecule has 1 aliphatic rings. The molecule has 2 atom stereocenters. The Bertz CT molecular complexity index is 420. The Morgan fingerprint density at radius 3 is 2.32 bits per heavy atom. The number of anilines is 1. The highest BCUT2D eigenvalue weighted by Crippen LogP contribution is 2.20. The van der Waals surface area contributed by atoms with Gasteiger partial charge in [0.05, 0.1) is 0 Å². The van der Waals surface area contributed by atoms with E-state index in [1.54, 1.807) is 0 Å². The zero-order chi connectivity index (χ0) is 13.8. The first-order valence-corrected chi connectivity index (χ1v) is 7.39. The first-order chi connectivity index (χ1) is 9.06. The molecule has 0 amide bonds. The number of aryl methyl sites for hydroxylation is 1. The lowest BCUT2D eigenvalue weighted by Crippen LogP contribution is -2.55. The third-order valence-electron chi connectivity index (χ3n) is 3.73. The van der Waals surface area contributed by atoms with Gasteiger partial charge in [-0.05, 0) is 58.0 Å². The van der Waals surface area contributed by atoms with Crippen LogP contribution in [0.4, 0.5) is 5.69 Å². The molecule has 1 saturated heterocycles. The van der Waals surface area contributed by atoms with E-state index >= 15 is 0 Å². The van der Waals surface area contributed by atoms with Crippen LogP contribution in [0, 0.1) is 6.92 Å². The molecule has 19 heavy (non-hydrogen) atoms. The molecule has 1 aromatic rings. The summed E-state index contributed by atoms with van der Waals surface area (Å²) >= 11 is 5.39. The van der Waals surface area contributed by atoms with E-state index in [4.69, 9.17) is 12.2 Å². The molecule has 4 heteroatoms. The Balaban J connectivity index is 1.91. The average molecular weight is 277 g/mol. The molecule has 1 heterocycles. The summed E-state index contributed by atoms with van der Waals surface area (Å²) < 4.78 is 0.